The lowest BCUT2D eigenvalue weighted by Crippen LogP contribution is -2.45. The second-order valence-corrected chi connectivity index (χ2v) is 33.1. The highest BCUT2D eigenvalue weighted by Crippen LogP contribution is 2.51. The predicted octanol–water partition coefficient (Wildman–Crippen LogP) is 20.8. The van der Waals surface area contributed by atoms with Crippen molar-refractivity contribution in [3.05, 3.63) is 270 Å². The van der Waals surface area contributed by atoms with Crippen LogP contribution in [0, 0.1) is 0 Å². The van der Waals surface area contributed by atoms with Crippen molar-refractivity contribution in [1.29, 1.82) is 0 Å². The maximum atomic E-state index is 13.5. The SMILES string of the molecule is C.C.C.C.C.COc1cc(OC)c(Cl)c(-c2ccc(C(=O)Nc3ccc(CN4CCNCC4)nc3)c3nccnc23)c1Cl.COc1cc(OC)c(Cl)c(-c2ccc(C(=O)O)c3nccnc23)c1Cl.COc1ccc(CN2CCN(Cc3ccc(N)cn3)CC2)cc1.COc1ccc(CN2CCN(Cc3ccc(NC(=O)c4ccc(-c5c(Cl)c(OC)cc(OC)c5Cl)c5nccnc45)cn3)CC2)cc1. The van der Waals surface area contributed by atoms with E-state index in [0.717, 1.165) is 146 Å². The molecule has 36 heteroatoms. The molecule has 0 bridgehead atoms. The molecule has 30 nitrogen and oxygen atoms in total. The number of fused-ring (bicyclic) bond motifs is 3. The molecule has 0 saturated carbocycles. The summed E-state index contributed by atoms with van der Waals surface area (Å²) in [4.78, 5) is 90.3. The van der Waals surface area contributed by atoms with Gasteiger partial charge in [0.25, 0.3) is 11.8 Å². The Morgan fingerprint density at radius 1 is 0.333 bits per heavy atom. The first-order valence-electron chi connectivity index (χ1n) is 42.2. The van der Waals surface area contributed by atoms with E-state index in [1.165, 1.54) is 84.6 Å². The third-order valence-corrected chi connectivity index (χ3v) is 24.8. The average molecular weight is 2000 g/mol. The van der Waals surface area contributed by atoms with Gasteiger partial charge < -0.3 is 64.7 Å². The van der Waals surface area contributed by atoms with Gasteiger partial charge in [-0.3, -0.25) is 78.9 Å². The fourth-order valence-corrected chi connectivity index (χ4v) is 17.6. The van der Waals surface area contributed by atoms with Gasteiger partial charge in [0.1, 0.15) is 62.5 Å². The molecule has 6 aromatic heterocycles. The molecule has 0 aliphatic carbocycles. The molecule has 3 saturated heterocycles. The number of nitrogens with one attached hydrogen (secondary N) is 3. The number of anilines is 3. The molecule has 3 fully saturated rings. The van der Waals surface area contributed by atoms with Crippen molar-refractivity contribution in [1.82, 2.24) is 74.7 Å². The number of pyridine rings is 3. The maximum absolute atomic E-state index is 13.5. The zero-order valence-corrected chi connectivity index (χ0v) is 78.6. The van der Waals surface area contributed by atoms with Gasteiger partial charge in [-0.2, -0.15) is 0 Å². The fourth-order valence-electron chi connectivity index (χ4n) is 15.5. The Labute approximate surface area is 835 Å². The summed E-state index contributed by atoms with van der Waals surface area (Å²) in [6.07, 6.45) is 14.1. The molecular weight excluding hydrogens is 1880 g/mol. The van der Waals surface area contributed by atoms with Gasteiger partial charge >= 0.3 is 5.97 Å². The smallest absolute Gasteiger partial charge is 0.337 e. The van der Waals surface area contributed by atoms with E-state index in [-0.39, 0.29) is 70.1 Å². The lowest BCUT2D eigenvalue weighted by atomic mass is 9.99. The molecular formula is C102H116Cl6N18O12. The number of halogens is 6. The van der Waals surface area contributed by atoms with E-state index in [2.05, 4.69) is 110 Å². The topological polar surface area (TPSA) is 340 Å². The second-order valence-electron chi connectivity index (χ2n) is 30.8. The lowest BCUT2D eigenvalue weighted by molar-refractivity contribution is 0.0698. The molecule has 8 aromatic carbocycles. The summed E-state index contributed by atoms with van der Waals surface area (Å²) in [6, 6.07) is 42.8. The van der Waals surface area contributed by atoms with Gasteiger partial charge in [-0.25, -0.2) is 4.79 Å². The third kappa shape index (κ3) is 26.2. The number of ether oxygens (including phenoxy) is 8. The molecule has 0 unspecified atom stereocenters. The molecule has 2 amide bonds. The number of nitrogens with two attached hydrogens (primary N) is 1. The van der Waals surface area contributed by atoms with Crippen LogP contribution in [0.25, 0.3) is 66.5 Å². The first kappa shape index (κ1) is 109. The number of carbonyl (C=O) groups excluding carboxylic acids is 2. The van der Waals surface area contributed by atoms with Crippen LogP contribution in [0.15, 0.2) is 195 Å². The Balaban J connectivity index is 0.000000211. The van der Waals surface area contributed by atoms with Gasteiger partial charge in [0.15, 0.2) is 0 Å². The molecule has 17 rings (SSSR count). The van der Waals surface area contributed by atoms with Crippen molar-refractivity contribution >= 4 is 138 Å². The molecule has 9 heterocycles. The number of methoxy groups -OCH3 is 8. The van der Waals surface area contributed by atoms with Gasteiger partial charge in [-0.1, -0.05) is 149 Å². The van der Waals surface area contributed by atoms with E-state index in [0.29, 0.717) is 138 Å². The number of amides is 2. The summed E-state index contributed by atoms with van der Waals surface area (Å²) in [5, 5.41) is 20.3. The Bertz CT molecular complexity index is 6360. The average Bonchev–Trinajstić information content (AvgIpc) is 0.757. The summed E-state index contributed by atoms with van der Waals surface area (Å²) < 4.78 is 42.7. The van der Waals surface area contributed by atoms with E-state index in [9.17, 15) is 19.5 Å². The van der Waals surface area contributed by atoms with Crippen molar-refractivity contribution in [2.75, 3.05) is 152 Å². The van der Waals surface area contributed by atoms with Crippen molar-refractivity contribution < 1.29 is 57.4 Å². The van der Waals surface area contributed by atoms with Gasteiger partial charge in [0, 0.05) is 200 Å². The molecule has 3 aliphatic rings. The van der Waals surface area contributed by atoms with E-state index >= 15 is 0 Å². The van der Waals surface area contributed by atoms with Crippen LogP contribution in [0.2, 0.25) is 30.1 Å². The molecule has 0 spiro atoms. The Morgan fingerprint density at radius 2 is 0.609 bits per heavy atom. The van der Waals surface area contributed by atoms with Crippen molar-refractivity contribution in [2.24, 2.45) is 0 Å². The summed E-state index contributed by atoms with van der Waals surface area (Å²) in [5.41, 5.74) is 19.3. The van der Waals surface area contributed by atoms with Crippen LogP contribution in [0.3, 0.4) is 0 Å². The Hall–Kier alpha value is -12.7. The van der Waals surface area contributed by atoms with E-state index in [1.54, 1.807) is 93.7 Å². The van der Waals surface area contributed by atoms with Gasteiger partial charge in [-0.15, -0.1) is 0 Å². The minimum atomic E-state index is -1.10. The number of carboxylic acids is 1. The van der Waals surface area contributed by atoms with Gasteiger partial charge in [-0.05, 0) is 90.0 Å². The van der Waals surface area contributed by atoms with Crippen LogP contribution in [-0.4, -0.2) is 228 Å². The first-order valence-corrected chi connectivity index (χ1v) is 44.4. The lowest BCUT2D eigenvalue weighted by Gasteiger charge is -2.34. The molecule has 14 aromatic rings. The van der Waals surface area contributed by atoms with E-state index in [1.807, 2.05) is 60.7 Å². The number of hydrogen-bond acceptors (Lipinski definition) is 27. The largest absolute Gasteiger partial charge is 0.497 e. The quantitative estimate of drug-likeness (QED) is 0.0336. The van der Waals surface area contributed by atoms with Crippen LogP contribution in [0.4, 0.5) is 17.1 Å². The van der Waals surface area contributed by atoms with Crippen LogP contribution in [-0.2, 0) is 32.7 Å². The normalized spacial score (nSPS) is 13.2. The number of piperazine rings is 3. The highest BCUT2D eigenvalue weighted by atomic mass is 35.5. The Kier molecular flexibility index (Phi) is 40.8. The zero-order valence-electron chi connectivity index (χ0n) is 74.0. The number of rotatable bonds is 26. The van der Waals surface area contributed by atoms with Crippen LogP contribution in [0.5, 0.6) is 46.0 Å². The zero-order chi connectivity index (χ0) is 93.8. The summed E-state index contributed by atoms with van der Waals surface area (Å²) >= 11 is 39.6. The fraction of sp³-hybridized carbons (Fsp3) is 0.294. The van der Waals surface area contributed by atoms with Crippen molar-refractivity contribution in [2.45, 2.75) is 69.9 Å². The molecule has 6 N–H and O–H groups in total. The van der Waals surface area contributed by atoms with Crippen molar-refractivity contribution in [3.8, 4) is 79.4 Å². The third-order valence-electron chi connectivity index (χ3n) is 22.6. The first-order chi connectivity index (χ1) is 64.6. The number of nitrogen functional groups attached to an aromatic ring is 1. The number of benzene rings is 8. The number of aromatic nitrogens is 9. The number of carboxylic acid groups (broad SMARTS) is 1. The number of nitrogens with zero attached hydrogens (tertiary/aromatic N) is 14. The van der Waals surface area contributed by atoms with Crippen LogP contribution >= 0.6 is 69.6 Å². The minimum Gasteiger partial charge on any atom is -0.497 e. The Morgan fingerprint density at radius 3 is 0.884 bits per heavy atom. The summed E-state index contributed by atoms with van der Waals surface area (Å²) in [7, 11) is 12.4. The number of carbonyl (C=O) groups is 3. The molecule has 728 valence electrons. The van der Waals surface area contributed by atoms with Gasteiger partial charge in [0.2, 0.25) is 0 Å². The highest BCUT2D eigenvalue weighted by Gasteiger charge is 2.29. The number of aromatic carboxylic acids is 1. The second kappa shape index (κ2) is 51.7. The highest BCUT2D eigenvalue weighted by molar-refractivity contribution is 6.43. The number of hydrogen-bond donors (Lipinski definition) is 5. The van der Waals surface area contributed by atoms with Crippen molar-refractivity contribution in [3.63, 3.8) is 0 Å². The maximum Gasteiger partial charge on any atom is 0.337 e. The van der Waals surface area contributed by atoms with Gasteiger partial charge in [0.05, 0.1) is 173 Å². The minimum absolute atomic E-state index is 0. The summed E-state index contributed by atoms with van der Waals surface area (Å²) in [5.74, 6) is 2.33. The monoisotopic (exact) mass is 1990 g/mol. The summed E-state index contributed by atoms with van der Waals surface area (Å²) in [6.45, 7) is 16.5. The molecule has 0 radical (unpaired) electrons. The van der Waals surface area contributed by atoms with Crippen LogP contribution in [0.1, 0.15) is 96.4 Å². The molecule has 138 heavy (non-hydrogen) atoms. The molecule has 3 aliphatic heterocycles. The standard InChI is InChI=1S/C35H34Cl2N6O4.C27H26Cl2N6O3.C18H24N4O.C17H12Cl2N2O4.5CH4/c1-45-25-8-4-22(5-9-25)20-42-14-16-43(17-15-42)21-24-7-6-23(19-40-24)41-35(44)27-11-10-26(33-34(27)39-13-12-38-33)30-31(36)28(46-2)18-29(47-3)32(30)37;1-37-20-13-21(38-2)24(29)22(23(20)28)18-5-6-19(26-25(18)31-7-8-32-26)27(36)34-16-3-4-17(33-14-16)15-35-11-9-30-10-12-35;1-23-18-6-2-15(3-7-18)13-21-8-10-22(11-9-21)14-17-5-4-16(19)12-20-17;1-24-10-7-11(25-2)14(19)12(13(10)18)8-3-4-9(17(22)23)16-15(8)20-5-6-21-16;;;;;/h4-13,18-19H,14-17,20-21H2,1-3H3,(H,41,44);3-8,13-14,30H,9-12,15H2,1-2H3,(H,34,36);2-7,12H,8-11,13-14,19H2,1H3;3-7H,1-2H3,(H,22,23);5*1H4. The molecule has 0 atom stereocenters. The van der Waals surface area contributed by atoms with Crippen LogP contribution < -0.4 is 59.6 Å². The van der Waals surface area contributed by atoms with E-state index in [4.69, 9.17) is 113 Å². The van der Waals surface area contributed by atoms with E-state index < -0.39 is 5.97 Å². The predicted molar refractivity (Wildman–Crippen MR) is 553 cm³/mol.